The molecule has 2 aromatic carbocycles. The Kier molecular flexibility index (Phi) is 8.62. The van der Waals surface area contributed by atoms with Gasteiger partial charge in [-0.1, -0.05) is 35.9 Å². The molecule has 1 amide bonds. The second-order valence-corrected chi connectivity index (χ2v) is 10.6. The third-order valence-electron chi connectivity index (χ3n) is 7.02. The van der Waals surface area contributed by atoms with Gasteiger partial charge in [-0.3, -0.25) is 23.5 Å². The Hall–Kier alpha value is -3.95. The van der Waals surface area contributed by atoms with E-state index < -0.39 is 0 Å². The van der Waals surface area contributed by atoms with E-state index in [9.17, 15) is 9.59 Å². The summed E-state index contributed by atoms with van der Waals surface area (Å²) >= 11 is 6.04. The summed E-state index contributed by atoms with van der Waals surface area (Å²) in [6, 6.07) is 19.0. The predicted molar refractivity (Wildman–Crippen MR) is 156 cm³/mol. The molecule has 0 spiro atoms. The van der Waals surface area contributed by atoms with Crippen LogP contribution in [0.2, 0.25) is 5.02 Å². The van der Waals surface area contributed by atoms with Crippen LogP contribution in [0.4, 0.5) is 0 Å². The first-order valence-corrected chi connectivity index (χ1v) is 13.9. The summed E-state index contributed by atoms with van der Waals surface area (Å²) in [6.45, 7) is 6.83. The third-order valence-corrected chi connectivity index (χ3v) is 7.27. The highest BCUT2D eigenvalue weighted by Crippen LogP contribution is 2.17. The normalized spacial score (nSPS) is 11.7. The fourth-order valence-corrected chi connectivity index (χ4v) is 4.96. The molecule has 0 bridgehead atoms. The number of halogens is 1. The van der Waals surface area contributed by atoms with E-state index in [0.717, 1.165) is 36.4 Å². The molecule has 0 aliphatic heterocycles. The van der Waals surface area contributed by atoms with Gasteiger partial charge < -0.3 is 9.73 Å². The van der Waals surface area contributed by atoms with Gasteiger partial charge in [-0.2, -0.15) is 0 Å². The van der Waals surface area contributed by atoms with E-state index in [0.29, 0.717) is 47.6 Å². The molecule has 1 N–H and O–H groups in total. The van der Waals surface area contributed by atoms with Crippen LogP contribution in [-0.2, 0) is 24.3 Å². The molecule has 0 unspecified atom stereocenters. The molecule has 0 radical (unpaired) electrons. The van der Waals surface area contributed by atoms with Gasteiger partial charge in [0, 0.05) is 37.0 Å². The molecule has 0 atom stereocenters. The number of para-hydroxylation sites is 1. The van der Waals surface area contributed by atoms with Crippen molar-refractivity contribution in [3.8, 4) is 0 Å². The molecule has 0 saturated carbocycles. The standard InChI is InChI=1S/C30H33ClN6O3/c1-21(2)35(20-24-7-5-18-40-24)17-6-16-32-28(38)15-14-27-33-34-30-36(19-22-10-12-23(31)13-11-22)29(39)25-8-3-4-9-26(25)37(27)30/h3-5,7-13,18,21H,6,14-17,19-20H2,1-2H3,(H,32,38). The van der Waals surface area contributed by atoms with Gasteiger partial charge in [0.1, 0.15) is 11.6 Å². The van der Waals surface area contributed by atoms with Crippen LogP contribution in [-0.4, -0.2) is 49.1 Å². The highest BCUT2D eigenvalue weighted by molar-refractivity contribution is 6.30. The zero-order chi connectivity index (χ0) is 28.1. The maximum absolute atomic E-state index is 13.4. The Morgan fingerprint density at radius 2 is 1.88 bits per heavy atom. The van der Waals surface area contributed by atoms with E-state index in [2.05, 4.69) is 34.3 Å². The average Bonchev–Trinajstić information content (AvgIpc) is 3.63. The van der Waals surface area contributed by atoms with E-state index in [1.165, 1.54) is 0 Å². The van der Waals surface area contributed by atoms with Crippen LogP contribution in [0, 0.1) is 0 Å². The Balaban J connectivity index is 1.25. The van der Waals surface area contributed by atoms with E-state index in [1.54, 1.807) is 29.0 Å². The molecule has 3 aromatic heterocycles. The maximum atomic E-state index is 13.4. The van der Waals surface area contributed by atoms with Crippen molar-refractivity contribution in [3.63, 3.8) is 0 Å². The predicted octanol–water partition coefficient (Wildman–Crippen LogP) is 4.69. The van der Waals surface area contributed by atoms with Crippen molar-refractivity contribution in [2.24, 2.45) is 0 Å². The molecule has 208 valence electrons. The number of amides is 1. The number of fused-ring (bicyclic) bond motifs is 3. The number of carbonyl (C=O) groups excluding carboxylic acids is 1. The Morgan fingerprint density at radius 1 is 1.07 bits per heavy atom. The molecule has 0 aliphatic rings. The van der Waals surface area contributed by atoms with Crippen LogP contribution >= 0.6 is 11.6 Å². The molecule has 9 nitrogen and oxygen atoms in total. The zero-order valence-electron chi connectivity index (χ0n) is 22.7. The van der Waals surface area contributed by atoms with Crippen LogP contribution in [0.15, 0.2) is 76.1 Å². The van der Waals surface area contributed by atoms with Gasteiger partial charge in [0.2, 0.25) is 11.7 Å². The van der Waals surface area contributed by atoms with E-state index in [1.807, 2.05) is 46.9 Å². The number of hydrogen-bond acceptors (Lipinski definition) is 6. The summed E-state index contributed by atoms with van der Waals surface area (Å²) in [5.74, 6) is 1.97. The molecule has 40 heavy (non-hydrogen) atoms. The second kappa shape index (κ2) is 12.5. The van der Waals surface area contributed by atoms with E-state index >= 15 is 0 Å². The minimum Gasteiger partial charge on any atom is -0.468 e. The molecular formula is C30H33ClN6O3. The average molecular weight is 561 g/mol. The van der Waals surface area contributed by atoms with Crippen LogP contribution in [0.25, 0.3) is 16.7 Å². The van der Waals surface area contributed by atoms with Crippen LogP contribution < -0.4 is 10.9 Å². The number of nitrogens with zero attached hydrogens (tertiary/aromatic N) is 5. The minimum atomic E-state index is -0.141. The molecule has 5 aromatic rings. The van der Waals surface area contributed by atoms with Crippen molar-refractivity contribution >= 4 is 34.2 Å². The summed E-state index contributed by atoms with van der Waals surface area (Å²) in [5, 5.41) is 13.0. The SMILES string of the molecule is CC(C)N(CCCNC(=O)CCc1nnc2n(Cc3ccc(Cl)cc3)c(=O)c3ccccc3n12)Cc1ccco1. The number of carbonyl (C=O) groups is 1. The lowest BCUT2D eigenvalue weighted by Crippen LogP contribution is -2.34. The third kappa shape index (κ3) is 6.26. The first-order valence-electron chi connectivity index (χ1n) is 13.5. The number of hydrogen-bond donors (Lipinski definition) is 1. The van der Waals surface area contributed by atoms with Crippen molar-refractivity contribution in [2.75, 3.05) is 13.1 Å². The summed E-state index contributed by atoms with van der Waals surface area (Å²) in [6.07, 6.45) is 3.19. The maximum Gasteiger partial charge on any atom is 0.263 e. The van der Waals surface area contributed by atoms with Crippen LogP contribution in [0.1, 0.15) is 43.8 Å². The number of rotatable bonds is 12. The summed E-state index contributed by atoms with van der Waals surface area (Å²) in [7, 11) is 0. The monoisotopic (exact) mass is 560 g/mol. The molecule has 10 heteroatoms. The van der Waals surface area contributed by atoms with Crippen molar-refractivity contribution in [3.05, 3.63) is 99.5 Å². The van der Waals surface area contributed by atoms with Crippen LogP contribution in [0.3, 0.4) is 0 Å². The van der Waals surface area contributed by atoms with Crippen molar-refractivity contribution < 1.29 is 9.21 Å². The number of nitrogens with one attached hydrogen (secondary N) is 1. The van der Waals surface area contributed by atoms with Gasteiger partial charge >= 0.3 is 0 Å². The second-order valence-electron chi connectivity index (χ2n) is 10.1. The highest BCUT2D eigenvalue weighted by Gasteiger charge is 2.18. The first-order chi connectivity index (χ1) is 19.4. The van der Waals surface area contributed by atoms with Gasteiger partial charge in [-0.15, -0.1) is 10.2 Å². The Morgan fingerprint density at radius 3 is 2.62 bits per heavy atom. The molecular weight excluding hydrogens is 528 g/mol. The fourth-order valence-electron chi connectivity index (χ4n) is 4.84. The van der Waals surface area contributed by atoms with Crippen molar-refractivity contribution in [1.29, 1.82) is 0 Å². The first kappa shape index (κ1) is 27.6. The summed E-state index contributed by atoms with van der Waals surface area (Å²) in [5.41, 5.74) is 1.51. The van der Waals surface area contributed by atoms with Gasteiger partial charge in [0.15, 0.2) is 0 Å². The van der Waals surface area contributed by atoms with Gasteiger partial charge in [0.05, 0.1) is 30.3 Å². The summed E-state index contributed by atoms with van der Waals surface area (Å²) < 4.78 is 8.98. The summed E-state index contributed by atoms with van der Waals surface area (Å²) in [4.78, 5) is 28.4. The quantitative estimate of drug-likeness (QED) is 0.222. The lowest BCUT2D eigenvalue weighted by atomic mass is 10.2. The topological polar surface area (TPSA) is 97.7 Å². The largest absolute Gasteiger partial charge is 0.468 e. The molecule has 5 rings (SSSR count). The van der Waals surface area contributed by atoms with Gasteiger partial charge in [-0.25, -0.2) is 0 Å². The molecule has 0 aliphatic carbocycles. The van der Waals surface area contributed by atoms with Crippen molar-refractivity contribution in [1.82, 2.24) is 29.4 Å². The van der Waals surface area contributed by atoms with E-state index in [4.69, 9.17) is 16.0 Å². The Labute approximate surface area is 237 Å². The highest BCUT2D eigenvalue weighted by atomic mass is 35.5. The zero-order valence-corrected chi connectivity index (χ0v) is 23.5. The lowest BCUT2D eigenvalue weighted by molar-refractivity contribution is -0.121. The fraction of sp³-hybridized carbons (Fsp3) is 0.333. The van der Waals surface area contributed by atoms with Crippen LogP contribution in [0.5, 0.6) is 0 Å². The number of aryl methyl sites for hydroxylation is 1. The van der Waals surface area contributed by atoms with E-state index in [-0.39, 0.29) is 17.9 Å². The lowest BCUT2D eigenvalue weighted by Gasteiger charge is -2.25. The van der Waals surface area contributed by atoms with Gasteiger partial charge in [0.25, 0.3) is 5.56 Å². The molecule has 0 saturated heterocycles. The number of benzene rings is 2. The van der Waals surface area contributed by atoms with Crippen molar-refractivity contribution in [2.45, 2.75) is 52.2 Å². The van der Waals surface area contributed by atoms with Gasteiger partial charge in [-0.05, 0) is 62.2 Å². The minimum absolute atomic E-state index is 0.0438. The molecule has 3 heterocycles. The smallest absolute Gasteiger partial charge is 0.263 e. The number of aromatic nitrogens is 4. The number of furan rings is 1. The Bertz CT molecular complexity index is 1640. The molecule has 0 fully saturated rings.